The van der Waals surface area contributed by atoms with Crippen LogP contribution in [0.4, 0.5) is 5.82 Å². The lowest BCUT2D eigenvalue weighted by Crippen LogP contribution is -2.43. The van der Waals surface area contributed by atoms with Gasteiger partial charge in [0.25, 0.3) is 0 Å². The van der Waals surface area contributed by atoms with Crippen LogP contribution in [-0.4, -0.2) is 39.7 Å². The normalized spacial score (nSPS) is 20.0. The number of aromatic nitrogens is 2. The molecule has 0 spiro atoms. The van der Waals surface area contributed by atoms with Crippen molar-refractivity contribution in [1.29, 1.82) is 0 Å². The monoisotopic (exact) mass is 358 g/mol. The highest BCUT2D eigenvalue weighted by Gasteiger charge is 2.35. The summed E-state index contributed by atoms with van der Waals surface area (Å²) in [7, 11) is 0. The molecule has 1 aliphatic heterocycles. The third-order valence-corrected chi connectivity index (χ3v) is 4.44. The molecule has 2 aromatic heterocycles. The Morgan fingerprint density at radius 3 is 2.96 bits per heavy atom. The standard InChI is InChI=1S/C18H19ClN4O2/c19-15-9-13(4-5-16(24)25)11-22-17(15)23-18(6-8-20-12-18)10-14-3-1-2-7-21-14/h1-5,7,9,11,20H,6,8,10,12H2,(H,22,23)(H,24,25)/b5-4+/t18-/m1/s1. The fraction of sp³-hybridized carbons (Fsp3) is 0.278. The molecule has 1 atom stereocenters. The number of hydrogen-bond acceptors (Lipinski definition) is 5. The molecule has 25 heavy (non-hydrogen) atoms. The Bertz CT molecular complexity index is 774. The largest absolute Gasteiger partial charge is 0.478 e. The van der Waals surface area contributed by atoms with Crippen molar-refractivity contribution in [1.82, 2.24) is 15.3 Å². The molecule has 130 valence electrons. The van der Waals surface area contributed by atoms with Crippen LogP contribution in [0, 0.1) is 0 Å². The van der Waals surface area contributed by atoms with E-state index >= 15 is 0 Å². The number of nitrogens with one attached hydrogen (secondary N) is 2. The number of aliphatic carboxylic acids is 1. The Morgan fingerprint density at radius 2 is 2.32 bits per heavy atom. The molecule has 7 heteroatoms. The van der Waals surface area contributed by atoms with Crippen molar-refractivity contribution >= 4 is 29.5 Å². The number of hydrogen-bond donors (Lipinski definition) is 3. The van der Waals surface area contributed by atoms with Gasteiger partial charge >= 0.3 is 5.97 Å². The molecule has 0 aromatic carbocycles. The number of halogens is 1. The molecular weight excluding hydrogens is 340 g/mol. The molecular formula is C18H19ClN4O2. The average Bonchev–Trinajstić information content (AvgIpc) is 3.04. The molecule has 0 radical (unpaired) electrons. The molecule has 0 saturated carbocycles. The first-order valence-electron chi connectivity index (χ1n) is 8.02. The van der Waals surface area contributed by atoms with Gasteiger partial charge in [0.05, 0.1) is 10.6 Å². The van der Waals surface area contributed by atoms with Crippen LogP contribution >= 0.6 is 11.6 Å². The number of carbonyl (C=O) groups is 1. The minimum Gasteiger partial charge on any atom is -0.478 e. The summed E-state index contributed by atoms with van der Waals surface area (Å²) in [4.78, 5) is 19.4. The molecule has 3 heterocycles. The van der Waals surface area contributed by atoms with Crippen molar-refractivity contribution < 1.29 is 9.90 Å². The molecule has 0 bridgehead atoms. The summed E-state index contributed by atoms with van der Waals surface area (Å²) < 4.78 is 0. The van der Waals surface area contributed by atoms with Gasteiger partial charge in [-0.15, -0.1) is 0 Å². The van der Waals surface area contributed by atoms with Crippen LogP contribution in [0.1, 0.15) is 17.7 Å². The summed E-state index contributed by atoms with van der Waals surface area (Å²) >= 11 is 6.35. The van der Waals surface area contributed by atoms with Gasteiger partial charge in [0.1, 0.15) is 5.82 Å². The topological polar surface area (TPSA) is 87.1 Å². The van der Waals surface area contributed by atoms with E-state index in [0.29, 0.717) is 16.4 Å². The Morgan fingerprint density at radius 1 is 1.44 bits per heavy atom. The number of nitrogens with zero attached hydrogens (tertiary/aromatic N) is 2. The average molecular weight is 359 g/mol. The lowest BCUT2D eigenvalue weighted by Gasteiger charge is -2.30. The van der Waals surface area contributed by atoms with E-state index in [2.05, 4.69) is 20.6 Å². The van der Waals surface area contributed by atoms with Gasteiger partial charge in [0.2, 0.25) is 0 Å². The third-order valence-electron chi connectivity index (χ3n) is 4.15. The van der Waals surface area contributed by atoms with Crippen molar-refractivity contribution in [2.24, 2.45) is 0 Å². The van der Waals surface area contributed by atoms with Crippen molar-refractivity contribution in [2.75, 3.05) is 18.4 Å². The summed E-state index contributed by atoms with van der Waals surface area (Å²) in [5, 5.41) is 16.0. The van der Waals surface area contributed by atoms with Crippen molar-refractivity contribution in [3.05, 3.63) is 59.0 Å². The van der Waals surface area contributed by atoms with Gasteiger partial charge in [-0.1, -0.05) is 17.7 Å². The zero-order valence-electron chi connectivity index (χ0n) is 13.6. The van der Waals surface area contributed by atoms with Crippen molar-refractivity contribution in [3.8, 4) is 0 Å². The molecule has 3 rings (SSSR count). The molecule has 3 N–H and O–H groups in total. The molecule has 1 saturated heterocycles. The van der Waals surface area contributed by atoms with E-state index in [0.717, 1.165) is 37.7 Å². The van der Waals surface area contributed by atoms with Crippen molar-refractivity contribution in [2.45, 2.75) is 18.4 Å². The van der Waals surface area contributed by atoms with Gasteiger partial charge in [-0.3, -0.25) is 4.98 Å². The van der Waals surface area contributed by atoms with Crippen LogP contribution < -0.4 is 10.6 Å². The second-order valence-electron chi connectivity index (χ2n) is 6.10. The quantitative estimate of drug-likeness (QED) is 0.688. The van der Waals surface area contributed by atoms with E-state index in [1.807, 2.05) is 18.2 Å². The third kappa shape index (κ3) is 4.55. The van der Waals surface area contributed by atoms with Crippen molar-refractivity contribution in [3.63, 3.8) is 0 Å². The highest BCUT2D eigenvalue weighted by molar-refractivity contribution is 6.33. The molecule has 0 aliphatic carbocycles. The molecule has 1 fully saturated rings. The summed E-state index contributed by atoms with van der Waals surface area (Å²) in [6.07, 6.45) is 7.61. The number of carboxylic acids is 1. The second-order valence-corrected chi connectivity index (χ2v) is 6.51. The van der Waals surface area contributed by atoms with Crippen LogP contribution in [0.3, 0.4) is 0 Å². The predicted molar refractivity (Wildman–Crippen MR) is 97.7 cm³/mol. The first-order valence-corrected chi connectivity index (χ1v) is 8.39. The van der Waals surface area contributed by atoms with E-state index in [9.17, 15) is 4.79 Å². The fourth-order valence-electron chi connectivity index (χ4n) is 2.95. The fourth-order valence-corrected chi connectivity index (χ4v) is 3.17. The molecule has 0 amide bonds. The van der Waals surface area contributed by atoms with Gasteiger partial charge in [0.15, 0.2) is 0 Å². The van der Waals surface area contributed by atoms with Crippen LogP contribution in [0.5, 0.6) is 0 Å². The highest BCUT2D eigenvalue weighted by Crippen LogP contribution is 2.29. The van der Waals surface area contributed by atoms with E-state index in [1.165, 1.54) is 6.08 Å². The number of pyridine rings is 2. The lowest BCUT2D eigenvalue weighted by atomic mass is 9.92. The highest BCUT2D eigenvalue weighted by atomic mass is 35.5. The van der Waals surface area contributed by atoms with Gasteiger partial charge in [-0.25, -0.2) is 9.78 Å². The summed E-state index contributed by atoms with van der Waals surface area (Å²) in [5.41, 5.74) is 1.45. The number of carboxylic acid groups (broad SMARTS) is 1. The second kappa shape index (κ2) is 7.63. The van der Waals surface area contributed by atoms with Gasteiger partial charge in [-0.2, -0.15) is 0 Å². The maximum absolute atomic E-state index is 10.6. The molecule has 2 aromatic rings. The van der Waals surface area contributed by atoms with Gasteiger partial charge in [-0.05, 0) is 42.8 Å². The van der Waals surface area contributed by atoms with Crippen LogP contribution in [0.2, 0.25) is 5.02 Å². The minimum absolute atomic E-state index is 0.205. The van der Waals surface area contributed by atoms with Crippen LogP contribution in [0.15, 0.2) is 42.7 Å². The Kier molecular flexibility index (Phi) is 5.31. The molecule has 0 unspecified atom stereocenters. The van der Waals surface area contributed by atoms with Gasteiger partial charge < -0.3 is 15.7 Å². The van der Waals surface area contributed by atoms with Gasteiger partial charge in [0, 0.05) is 37.1 Å². The zero-order chi connectivity index (χ0) is 17.7. The SMILES string of the molecule is O=C(O)/C=C/c1cnc(N[C@@]2(Cc3ccccn3)CCNC2)c(Cl)c1. The molecule has 1 aliphatic rings. The number of anilines is 1. The minimum atomic E-state index is -1.01. The Hall–Kier alpha value is -2.44. The summed E-state index contributed by atoms with van der Waals surface area (Å²) in [6.45, 7) is 1.71. The maximum Gasteiger partial charge on any atom is 0.328 e. The lowest BCUT2D eigenvalue weighted by molar-refractivity contribution is -0.131. The van der Waals surface area contributed by atoms with Crippen LogP contribution in [-0.2, 0) is 11.2 Å². The summed E-state index contributed by atoms with van der Waals surface area (Å²) in [5.74, 6) is -0.418. The Labute approximate surface area is 151 Å². The zero-order valence-corrected chi connectivity index (χ0v) is 14.3. The van der Waals surface area contributed by atoms with E-state index < -0.39 is 5.97 Å². The Balaban J connectivity index is 1.79. The molecule has 6 nitrogen and oxygen atoms in total. The smallest absolute Gasteiger partial charge is 0.328 e. The van der Waals surface area contributed by atoms with E-state index in [-0.39, 0.29) is 5.54 Å². The maximum atomic E-state index is 10.6. The van der Waals surface area contributed by atoms with Crippen LogP contribution in [0.25, 0.3) is 6.08 Å². The predicted octanol–water partition coefficient (Wildman–Crippen LogP) is 2.61. The number of rotatable bonds is 6. The first kappa shape index (κ1) is 17.4. The van der Waals surface area contributed by atoms with E-state index in [1.54, 1.807) is 18.5 Å². The van der Waals surface area contributed by atoms with E-state index in [4.69, 9.17) is 16.7 Å². The first-order chi connectivity index (χ1) is 12.1. The summed E-state index contributed by atoms with van der Waals surface area (Å²) in [6, 6.07) is 7.59.